The summed E-state index contributed by atoms with van der Waals surface area (Å²) in [5.41, 5.74) is 0. The standard InChI is InChI=1S/C9H5BrOS2/c10-5-1-2-6-7(3-5)13-8(4-11)9(6)12/h1-4,12H. The highest BCUT2D eigenvalue weighted by atomic mass is 79.9. The van der Waals surface area contributed by atoms with Crippen LogP contribution in [0.5, 0.6) is 0 Å². The predicted octanol–water partition coefficient (Wildman–Crippen LogP) is 3.77. The SMILES string of the molecule is O=Cc1sc2cc(Br)ccc2c1S. The van der Waals surface area contributed by atoms with E-state index >= 15 is 0 Å². The molecule has 0 N–H and O–H groups in total. The van der Waals surface area contributed by atoms with Gasteiger partial charge in [0.25, 0.3) is 0 Å². The molecule has 0 amide bonds. The number of carbonyl (C=O) groups excluding carboxylic acids is 1. The van der Waals surface area contributed by atoms with Gasteiger partial charge < -0.3 is 0 Å². The Morgan fingerprint density at radius 2 is 2.23 bits per heavy atom. The van der Waals surface area contributed by atoms with Gasteiger partial charge in [-0.25, -0.2) is 0 Å². The lowest BCUT2D eigenvalue weighted by Crippen LogP contribution is -1.70. The van der Waals surface area contributed by atoms with Crippen molar-refractivity contribution in [2.75, 3.05) is 0 Å². The summed E-state index contributed by atoms with van der Waals surface area (Å²) in [5.74, 6) is 0. The molecule has 0 fully saturated rings. The predicted molar refractivity (Wildman–Crippen MR) is 62.2 cm³/mol. The largest absolute Gasteiger partial charge is 0.297 e. The summed E-state index contributed by atoms with van der Waals surface area (Å²) in [6.07, 6.45) is 0.848. The molecule has 1 aromatic carbocycles. The topological polar surface area (TPSA) is 17.1 Å². The molecule has 66 valence electrons. The molecule has 0 saturated heterocycles. The number of benzene rings is 1. The number of halogens is 1. The van der Waals surface area contributed by atoms with Crippen molar-refractivity contribution in [2.24, 2.45) is 0 Å². The van der Waals surface area contributed by atoms with E-state index in [2.05, 4.69) is 28.6 Å². The first-order chi connectivity index (χ1) is 6.22. The number of carbonyl (C=O) groups is 1. The molecule has 0 aliphatic rings. The Balaban J connectivity index is 2.83. The molecule has 4 heteroatoms. The van der Waals surface area contributed by atoms with Crippen molar-refractivity contribution >= 4 is 56.3 Å². The van der Waals surface area contributed by atoms with E-state index in [1.54, 1.807) is 0 Å². The second kappa shape index (κ2) is 3.44. The van der Waals surface area contributed by atoms with Crippen LogP contribution in [0.15, 0.2) is 27.6 Å². The number of hydrogen-bond acceptors (Lipinski definition) is 3. The van der Waals surface area contributed by atoms with Crippen molar-refractivity contribution in [2.45, 2.75) is 4.90 Å². The van der Waals surface area contributed by atoms with Crippen molar-refractivity contribution in [3.05, 3.63) is 27.5 Å². The second-order valence-electron chi connectivity index (χ2n) is 2.57. The lowest BCUT2D eigenvalue weighted by molar-refractivity contribution is 0.112. The van der Waals surface area contributed by atoms with Gasteiger partial charge in [0.15, 0.2) is 6.29 Å². The Morgan fingerprint density at radius 1 is 1.46 bits per heavy atom. The summed E-state index contributed by atoms with van der Waals surface area (Å²) >= 11 is 9.14. The van der Waals surface area contributed by atoms with Gasteiger partial charge in [-0.15, -0.1) is 24.0 Å². The number of thiophene rings is 1. The summed E-state index contributed by atoms with van der Waals surface area (Å²) in [6.45, 7) is 0. The second-order valence-corrected chi connectivity index (χ2v) is 5.02. The summed E-state index contributed by atoms with van der Waals surface area (Å²) in [7, 11) is 0. The summed E-state index contributed by atoms with van der Waals surface area (Å²) < 4.78 is 2.11. The van der Waals surface area contributed by atoms with Crippen molar-refractivity contribution in [1.82, 2.24) is 0 Å². The molecule has 1 heterocycles. The van der Waals surface area contributed by atoms with Crippen molar-refractivity contribution in [3.63, 3.8) is 0 Å². The molecule has 0 bridgehead atoms. The van der Waals surface area contributed by atoms with Crippen LogP contribution in [0.2, 0.25) is 0 Å². The van der Waals surface area contributed by atoms with Gasteiger partial charge in [-0.05, 0) is 12.1 Å². The van der Waals surface area contributed by atoms with Crippen LogP contribution in [0, 0.1) is 0 Å². The maximum atomic E-state index is 10.6. The zero-order valence-electron chi connectivity index (χ0n) is 6.45. The Hall–Kier alpha value is -0.320. The van der Waals surface area contributed by atoms with Gasteiger partial charge in [0.2, 0.25) is 0 Å². The number of thiol groups is 1. The summed E-state index contributed by atoms with van der Waals surface area (Å²) in [6, 6.07) is 5.90. The zero-order valence-corrected chi connectivity index (χ0v) is 9.75. The Bertz CT molecular complexity index is 476. The monoisotopic (exact) mass is 272 g/mol. The summed E-state index contributed by atoms with van der Waals surface area (Å²) in [5, 5.41) is 1.04. The quantitative estimate of drug-likeness (QED) is 0.618. The molecule has 2 aromatic rings. The van der Waals surface area contributed by atoms with Crippen LogP contribution in [0.1, 0.15) is 9.67 Å². The third-order valence-electron chi connectivity index (χ3n) is 1.76. The van der Waals surface area contributed by atoms with Crippen molar-refractivity contribution in [1.29, 1.82) is 0 Å². The number of hydrogen-bond donors (Lipinski definition) is 1. The molecule has 0 saturated carbocycles. The Labute approximate surface area is 93.3 Å². The van der Waals surface area contributed by atoms with E-state index < -0.39 is 0 Å². The number of rotatable bonds is 1. The van der Waals surface area contributed by atoms with Crippen LogP contribution < -0.4 is 0 Å². The van der Waals surface area contributed by atoms with Gasteiger partial charge in [0.05, 0.1) is 4.88 Å². The van der Waals surface area contributed by atoms with Gasteiger partial charge in [-0.2, -0.15) is 0 Å². The highest BCUT2D eigenvalue weighted by Crippen LogP contribution is 2.34. The fourth-order valence-corrected chi connectivity index (χ4v) is 3.09. The third kappa shape index (κ3) is 1.54. The molecular weight excluding hydrogens is 268 g/mol. The van der Waals surface area contributed by atoms with E-state index in [4.69, 9.17) is 0 Å². The zero-order chi connectivity index (χ0) is 9.42. The molecule has 0 aliphatic carbocycles. The molecular formula is C9H5BrOS2. The van der Waals surface area contributed by atoms with E-state index in [9.17, 15) is 4.79 Å². The van der Waals surface area contributed by atoms with Gasteiger partial charge in [-0.3, -0.25) is 4.79 Å². The van der Waals surface area contributed by atoms with Crippen LogP contribution in [-0.2, 0) is 0 Å². The molecule has 1 nitrogen and oxygen atoms in total. The molecule has 0 atom stereocenters. The smallest absolute Gasteiger partial charge is 0.161 e. The lowest BCUT2D eigenvalue weighted by Gasteiger charge is -1.91. The first-order valence-corrected chi connectivity index (χ1v) is 5.64. The first kappa shape index (κ1) is 9.24. The van der Waals surface area contributed by atoms with Gasteiger partial charge in [0, 0.05) is 19.5 Å². The van der Waals surface area contributed by atoms with Gasteiger partial charge in [0.1, 0.15) is 0 Å². The molecule has 0 radical (unpaired) electrons. The highest BCUT2D eigenvalue weighted by Gasteiger charge is 2.07. The molecule has 13 heavy (non-hydrogen) atoms. The van der Waals surface area contributed by atoms with Gasteiger partial charge >= 0.3 is 0 Å². The van der Waals surface area contributed by atoms with Crippen LogP contribution in [0.3, 0.4) is 0 Å². The minimum absolute atomic E-state index is 0.691. The number of fused-ring (bicyclic) bond motifs is 1. The van der Waals surface area contributed by atoms with Crippen LogP contribution in [-0.4, -0.2) is 6.29 Å². The first-order valence-electron chi connectivity index (χ1n) is 3.58. The maximum absolute atomic E-state index is 10.6. The van der Waals surface area contributed by atoms with E-state index in [1.807, 2.05) is 18.2 Å². The minimum Gasteiger partial charge on any atom is -0.297 e. The van der Waals surface area contributed by atoms with E-state index in [0.29, 0.717) is 4.88 Å². The molecule has 0 unspecified atom stereocenters. The van der Waals surface area contributed by atoms with Gasteiger partial charge in [-0.1, -0.05) is 22.0 Å². The Kier molecular flexibility index (Phi) is 2.45. The van der Waals surface area contributed by atoms with E-state index in [1.165, 1.54) is 11.3 Å². The van der Waals surface area contributed by atoms with E-state index in [-0.39, 0.29) is 0 Å². The fraction of sp³-hybridized carbons (Fsp3) is 0. The van der Waals surface area contributed by atoms with Crippen LogP contribution >= 0.6 is 39.9 Å². The van der Waals surface area contributed by atoms with Crippen LogP contribution in [0.25, 0.3) is 10.1 Å². The van der Waals surface area contributed by atoms with Crippen LogP contribution in [0.4, 0.5) is 0 Å². The molecule has 2 rings (SSSR count). The molecule has 0 spiro atoms. The normalized spacial score (nSPS) is 10.6. The third-order valence-corrected chi connectivity index (χ3v) is 3.96. The van der Waals surface area contributed by atoms with E-state index in [0.717, 1.165) is 25.7 Å². The number of aldehydes is 1. The van der Waals surface area contributed by atoms with Crippen molar-refractivity contribution < 1.29 is 4.79 Å². The minimum atomic E-state index is 0.691. The summed E-state index contributed by atoms with van der Waals surface area (Å²) in [4.78, 5) is 12.1. The highest BCUT2D eigenvalue weighted by molar-refractivity contribution is 9.10. The fourth-order valence-electron chi connectivity index (χ4n) is 1.16. The Morgan fingerprint density at radius 3 is 2.92 bits per heavy atom. The average Bonchev–Trinajstić information content (AvgIpc) is 2.42. The van der Waals surface area contributed by atoms with Crippen molar-refractivity contribution in [3.8, 4) is 0 Å². The lowest BCUT2D eigenvalue weighted by atomic mass is 10.2. The molecule has 0 aliphatic heterocycles. The maximum Gasteiger partial charge on any atom is 0.161 e. The average molecular weight is 273 g/mol. The molecule has 1 aromatic heterocycles.